The first-order chi connectivity index (χ1) is 9.10. The van der Waals surface area contributed by atoms with Crippen LogP contribution in [0.5, 0.6) is 0 Å². The molecule has 0 amide bonds. The van der Waals surface area contributed by atoms with Crippen molar-refractivity contribution in [2.75, 3.05) is 17.7 Å². The van der Waals surface area contributed by atoms with Gasteiger partial charge >= 0.3 is 0 Å². The molecule has 0 bridgehead atoms. The third-order valence-electron chi connectivity index (χ3n) is 3.17. The van der Waals surface area contributed by atoms with Crippen molar-refractivity contribution in [3.05, 3.63) is 35.5 Å². The number of nitriles is 1. The highest BCUT2D eigenvalue weighted by atomic mass is 15.4. The van der Waals surface area contributed by atoms with E-state index in [1.807, 2.05) is 44.1 Å². The molecule has 0 fully saturated rings. The Morgan fingerprint density at radius 3 is 2.68 bits per heavy atom. The first-order valence-corrected chi connectivity index (χ1v) is 6.14. The van der Waals surface area contributed by atoms with Crippen molar-refractivity contribution in [3.63, 3.8) is 0 Å². The molecule has 1 heterocycles. The van der Waals surface area contributed by atoms with Gasteiger partial charge in [-0.3, -0.25) is 4.68 Å². The molecule has 5 nitrogen and oxygen atoms in total. The van der Waals surface area contributed by atoms with Gasteiger partial charge < -0.3 is 10.6 Å². The lowest BCUT2D eigenvalue weighted by Crippen LogP contribution is -2.16. The smallest absolute Gasteiger partial charge is 0.154 e. The summed E-state index contributed by atoms with van der Waals surface area (Å²) in [7, 11) is 3.75. The number of rotatable bonds is 3. The highest BCUT2D eigenvalue weighted by molar-refractivity contribution is 5.75. The molecule has 0 atom stereocenters. The standard InChI is InChI=1S/C14H17N5/c1-4-11-13(16)14(19(3)17-11)18(2)12-8-6-5-7-10(12)9-15/h5-8H,4,16H2,1-3H3. The van der Waals surface area contributed by atoms with Crippen molar-refractivity contribution in [2.24, 2.45) is 7.05 Å². The van der Waals surface area contributed by atoms with Crippen LogP contribution in [0.25, 0.3) is 0 Å². The molecule has 0 aliphatic heterocycles. The lowest BCUT2D eigenvalue weighted by atomic mass is 10.1. The molecule has 0 aliphatic rings. The molecule has 19 heavy (non-hydrogen) atoms. The second-order valence-electron chi connectivity index (χ2n) is 4.35. The van der Waals surface area contributed by atoms with Gasteiger partial charge in [-0.1, -0.05) is 19.1 Å². The van der Waals surface area contributed by atoms with Crippen LogP contribution in [0.15, 0.2) is 24.3 Å². The minimum absolute atomic E-state index is 0.614. The van der Waals surface area contributed by atoms with E-state index in [9.17, 15) is 5.26 Å². The normalized spacial score (nSPS) is 10.2. The van der Waals surface area contributed by atoms with Crippen molar-refractivity contribution in [3.8, 4) is 6.07 Å². The number of anilines is 3. The summed E-state index contributed by atoms with van der Waals surface area (Å²) in [5, 5.41) is 13.6. The van der Waals surface area contributed by atoms with Crippen LogP contribution < -0.4 is 10.6 Å². The van der Waals surface area contributed by atoms with Crippen molar-refractivity contribution < 1.29 is 0 Å². The summed E-state index contributed by atoms with van der Waals surface area (Å²) < 4.78 is 1.75. The molecule has 2 aromatic rings. The van der Waals surface area contributed by atoms with Crippen molar-refractivity contribution in [1.82, 2.24) is 9.78 Å². The number of hydrogen-bond donors (Lipinski definition) is 1. The Morgan fingerprint density at radius 1 is 1.42 bits per heavy atom. The number of benzene rings is 1. The van der Waals surface area contributed by atoms with Crippen LogP contribution in [0.4, 0.5) is 17.2 Å². The predicted octanol–water partition coefficient (Wildman–Crippen LogP) is 2.20. The van der Waals surface area contributed by atoms with E-state index in [-0.39, 0.29) is 0 Å². The Hall–Kier alpha value is -2.48. The van der Waals surface area contributed by atoms with E-state index in [0.29, 0.717) is 11.3 Å². The molecular weight excluding hydrogens is 238 g/mol. The molecule has 0 radical (unpaired) electrons. The molecule has 2 rings (SSSR count). The van der Waals surface area contributed by atoms with Gasteiger partial charge in [-0.2, -0.15) is 10.4 Å². The minimum Gasteiger partial charge on any atom is -0.394 e. The van der Waals surface area contributed by atoms with Crippen molar-refractivity contribution >= 4 is 17.2 Å². The van der Waals surface area contributed by atoms with Crippen LogP contribution in [0.2, 0.25) is 0 Å². The summed E-state index contributed by atoms with van der Waals surface area (Å²) in [4.78, 5) is 1.90. The van der Waals surface area contributed by atoms with Gasteiger partial charge in [0.1, 0.15) is 6.07 Å². The second kappa shape index (κ2) is 5.02. The topological polar surface area (TPSA) is 70.9 Å². The molecule has 2 N–H and O–H groups in total. The molecule has 0 aliphatic carbocycles. The van der Waals surface area contributed by atoms with E-state index >= 15 is 0 Å². The summed E-state index contributed by atoms with van der Waals surface area (Å²) in [6.07, 6.45) is 0.785. The van der Waals surface area contributed by atoms with E-state index in [0.717, 1.165) is 23.6 Å². The number of aromatic nitrogens is 2. The van der Waals surface area contributed by atoms with E-state index < -0.39 is 0 Å². The molecule has 0 saturated heterocycles. The van der Waals surface area contributed by atoms with Crippen LogP contribution in [0.1, 0.15) is 18.2 Å². The predicted molar refractivity (Wildman–Crippen MR) is 76.2 cm³/mol. The fourth-order valence-corrected chi connectivity index (χ4v) is 2.22. The fourth-order valence-electron chi connectivity index (χ4n) is 2.22. The van der Waals surface area contributed by atoms with E-state index in [1.54, 1.807) is 10.7 Å². The van der Waals surface area contributed by atoms with Gasteiger partial charge in [0.05, 0.1) is 22.6 Å². The molecular formula is C14H17N5. The Labute approximate surface area is 112 Å². The average Bonchev–Trinajstić information content (AvgIpc) is 2.72. The lowest BCUT2D eigenvalue weighted by Gasteiger charge is -2.21. The Bertz CT molecular complexity index is 636. The zero-order chi connectivity index (χ0) is 14.0. The van der Waals surface area contributed by atoms with Gasteiger partial charge in [0.15, 0.2) is 5.82 Å². The third kappa shape index (κ3) is 2.13. The largest absolute Gasteiger partial charge is 0.394 e. The quantitative estimate of drug-likeness (QED) is 0.912. The molecule has 0 unspecified atom stereocenters. The summed E-state index contributed by atoms with van der Waals surface area (Å²) in [5.74, 6) is 0.805. The molecule has 1 aromatic carbocycles. The number of para-hydroxylation sites is 1. The summed E-state index contributed by atoms with van der Waals surface area (Å²) in [6, 6.07) is 9.63. The first-order valence-electron chi connectivity index (χ1n) is 6.14. The van der Waals surface area contributed by atoms with Gasteiger partial charge in [-0.25, -0.2) is 0 Å². The SMILES string of the molecule is CCc1nn(C)c(N(C)c2ccccc2C#N)c1N. The average molecular weight is 255 g/mol. The second-order valence-corrected chi connectivity index (χ2v) is 4.35. The number of nitrogens with zero attached hydrogens (tertiary/aromatic N) is 4. The summed E-state index contributed by atoms with van der Waals surface area (Å²) >= 11 is 0. The summed E-state index contributed by atoms with van der Waals surface area (Å²) in [5.41, 5.74) is 9.11. The number of nitrogens with two attached hydrogens (primary N) is 1. The first kappa shape index (κ1) is 13.0. The lowest BCUT2D eigenvalue weighted by molar-refractivity contribution is 0.741. The van der Waals surface area contributed by atoms with Gasteiger partial charge in [-0.05, 0) is 18.6 Å². The highest BCUT2D eigenvalue weighted by Gasteiger charge is 2.18. The zero-order valence-corrected chi connectivity index (χ0v) is 11.4. The molecule has 0 saturated carbocycles. The van der Waals surface area contributed by atoms with E-state index in [4.69, 9.17) is 5.73 Å². The Morgan fingerprint density at radius 2 is 2.11 bits per heavy atom. The molecule has 5 heteroatoms. The fraction of sp³-hybridized carbons (Fsp3) is 0.286. The van der Waals surface area contributed by atoms with Crippen molar-refractivity contribution in [1.29, 1.82) is 5.26 Å². The van der Waals surface area contributed by atoms with Crippen LogP contribution >= 0.6 is 0 Å². The van der Waals surface area contributed by atoms with Gasteiger partial charge in [-0.15, -0.1) is 0 Å². The van der Waals surface area contributed by atoms with Crippen LogP contribution in [0.3, 0.4) is 0 Å². The van der Waals surface area contributed by atoms with Gasteiger partial charge in [0.2, 0.25) is 0 Å². The highest BCUT2D eigenvalue weighted by Crippen LogP contribution is 2.32. The molecule has 1 aromatic heterocycles. The van der Waals surface area contributed by atoms with Crippen LogP contribution in [-0.4, -0.2) is 16.8 Å². The maximum absolute atomic E-state index is 9.17. The van der Waals surface area contributed by atoms with Crippen molar-refractivity contribution in [2.45, 2.75) is 13.3 Å². The number of nitrogen functional groups attached to an aromatic ring is 1. The summed E-state index contributed by atoms with van der Waals surface area (Å²) in [6.45, 7) is 2.02. The monoisotopic (exact) mass is 255 g/mol. The number of aryl methyl sites for hydroxylation is 2. The van der Waals surface area contributed by atoms with Gasteiger partial charge in [0.25, 0.3) is 0 Å². The van der Waals surface area contributed by atoms with Gasteiger partial charge in [0, 0.05) is 14.1 Å². The maximum atomic E-state index is 9.17. The number of hydrogen-bond acceptors (Lipinski definition) is 4. The third-order valence-corrected chi connectivity index (χ3v) is 3.17. The zero-order valence-electron chi connectivity index (χ0n) is 11.4. The Kier molecular flexibility index (Phi) is 3.43. The van der Waals surface area contributed by atoms with Crippen LogP contribution in [0, 0.1) is 11.3 Å². The Balaban J connectivity index is 2.54. The van der Waals surface area contributed by atoms with E-state index in [1.165, 1.54) is 0 Å². The van der Waals surface area contributed by atoms with Crippen LogP contribution in [-0.2, 0) is 13.5 Å². The minimum atomic E-state index is 0.614. The molecule has 98 valence electrons. The maximum Gasteiger partial charge on any atom is 0.154 e. The van der Waals surface area contributed by atoms with E-state index in [2.05, 4.69) is 11.2 Å². The molecule has 0 spiro atoms.